The SMILES string of the molecule is CN(C)C(c1ccccc1)c1nc(CCN)cs1. The van der Waals surface area contributed by atoms with Crippen LogP contribution in [0.3, 0.4) is 0 Å². The van der Waals surface area contributed by atoms with Gasteiger partial charge in [0, 0.05) is 11.8 Å². The van der Waals surface area contributed by atoms with Crippen LogP contribution >= 0.6 is 11.3 Å². The molecule has 1 aromatic heterocycles. The molecular weight excluding hydrogens is 242 g/mol. The number of thiazole rings is 1. The summed E-state index contributed by atoms with van der Waals surface area (Å²) >= 11 is 1.71. The predicted molar refractivity (Wildman–Crippen MR) is 76.8 cm³/mol. The molecule has 0 radical (unpaired) electrons. The van der Waals surface area contributed by atoms with Crippen molar-refractivity contribution in [1.29, 1.82) is 0 Å². The number of nitrogens with two attached hydrogens (primary N) is 1. The Kier molecular flexibility index (Phi) is 4.47. The smallest absolute Gasteiger partial charge is 0.115 e. The van der Waals surface area contributed by atoms with Crippen LogP contribution in [-0.2, 0) is 6.42 Å². The van der Waals surface area contributed by atoms with Crippen molar-refractivity contribution >= 4 is 11.3 Å². The van der Waals surface area contributed by atoms with E-state index in [4.69, 9.17) is 10.7 Å². The molecule has 0 bridgehead atoms. The Labute approximate surface area is 112 Å². The van der Waals surface area contributed by atoms with Gasteiger partial charge < -0.3 is 5.73 Å². The molecule has 2 rings (SSSR count). The van der Waals surface area contributed by atoms with Crippen molar-refractivity contribution in [3.8, 4) is 0 Å². The number of nitrogens with zero attached hydrogens (tertiary/aromatic N) is 2. The summed E-state index contributed by atoms with van der Waals surface area (Å²) in [5.41, 5.74) is 7.94. The molecular formula is C14H19N3S. The molecule has 2 aromatic rings. The Morgan fingerprint density at radius 1 is 1.28 bits per heavy atom. The minimum Gasteiger partial charge on any atom is -0.330 e. The van der Waals surface area contributed by atoms with Gasteiger partial charge in [-0.2, -0.15) is 0 Å². The zero-order chi connectivity index (χ0) is 13.0. The lowest BCUT2D eigenvalue weighted by Gasteiger charge is -2.22. The maximum Gasteiger partial charge on any atom is 0.115 e. The third kappa shape index (κ3) is 2.96. The van der Waals surface area contributed by atoms with E-state index in [2.05, 4.69) is 48.6 Å². The van der Waals surface area contributed by atoms with Gasteiger partial charge in [-0.1, -0.05) is 30.3 Å². The standard InChI is InChI=1S/C14H19N3S/c1-17(2)13(11-6-4-3-5-7-11)14-16-12(8-9-15)10-18-14/h3-7,10,13H,8-9,15H2,1-2H3. The molecule has 1 aromatic carbocycles. The van der Waals surface area contributed by atoms with E-state index >= 15 is 0 Å². The summed E-state index contributed by atoms with van der Waals surface area (Å²) in [6, 6.07) is 10.7. The average Bonchev–Trinajstić information content (AvgIpc) is 2.79. The quantitative estimate of drug-likeness (QED) is 0.898. The Hall–Kier alpha value is -1.23. The van der Waals surface area contributed by atoms with Gasteiger partial charge in [-0.3, -0.25) is 4.90 Å². The maximum absolute atomic E-state index is 5.57. The molecule has 4 heteroatoms. The molecule has 0 saturated heterocycles. The van der Waals surface area contributed by atoms with Gasteiger partial charge in [0.05, 0.1) is 11.7 Å². The summed E-state index contributed by atoms with van der Waals surface area (Å²) in [5.74, 6) is 0. The maximum atomic E-state index is 5.57. The zero-order valence-electron chi connectivity index (χ0n) is 10.8. The molecule has 18 heavy (non-hydrogen) atoms. The van der Waals surface area contributed by atoms with Gasteiger partial charge in [-0.15, -0.1) is 11.3 Å². The topological polar surface area (TPSA) is 42.2 Å². The summed E-state index contributed by atoms with van der Waals surface area (Å²) in [4.78, 5) is 6.89. The Balaban J connectivity index is 2.30. The van der Waals surface area contributed by atoms with E-state index in [9.17, 15) is 0 Å². The van der Waals surface area contributed by atoms with Crippen LogP contribution in [0.25, 0.3) is 0 Å². The van der Waals surface area contributed by atoms with Crippen LogP contribution in [0.5, 0.6) is 0 Å². The fourth-order valence-electron chi connectivity index (χ4n) is 2.01. The molecule has 2 N–H and O–H groups in total. The van der Waals surface area contributed by atoms with E-state index in [0.717, 1.165) is 17.1 Å². The average molecular weight is 261 g/mol. The number of hydrogen-bond acceptors (Lipinski definition) is 4. The third-order valence-corrected chi connectivity index (χ3v) is 3.78. The zero-order valence-corrected chi connectivity index (χ0v) is 11.7. The highest BCUT2D eigenvalue weighted by atomic mass is 32.1. The summed E-state index contributed by atoms with van der Waals surface area (Å²) in [7, 11) is 4.17. The molecule has 0 aliphatic heterocycles. The molecule has 3 nitrogen and oxygen atoms in total. The first-order chi connectivity index (χ1) is 8.72. The molecule has 0 spiro atoms. The first-order valence-electron chi connectivity index (χ1n) is 6.08. The fourth-order valence-corrected chi connectivity index (χ4v) is 3.08. The highest BCUT2D eigenvalue weighted by Gasteiger charge is 2.19. The van der Waals surface area contributed by atoms with Gasteiger partial charge in [0.2, 0.25) is 0 Å². The minimum absolute atomic E-state index is 0.225. The van der Waals surface area contributed by atoms with E-state index in [1.54, 1.807) is 11.3 Å². The number of benzene rings is 1. The second-order valence-corrected chi connectivity index (χ2v) is 5.38. The molecule has 1 heterocycles. The van der Waals surface area contributed by atoms with E-state index in [1.807, 2.05) is 6.07 Å². The van der Waals surface area contributed by atoms with Crippen molar-refractivity contribution in [1.82, 2.24) is 9.88 Å². The summed E-state index contributed by atoms with van der Waals surface area (Å²) in [6.07, 6.45) is 0.853. The van der Waals surface area contributed by atoms with Crippen molar-refractivity contribution in [2.45, 2.75) is 12.5 Å². The van der Waals surface area contributed by atoms with Crippen LogP contribution in [0.2, 0.25) is 0 Å². The monoisotopic (exact) mass is 261 g/mol. The van der Waals surface area contributed by atoms with Crippen molar-refractivity contribution in [2.24, 2.45) is 5.73 Å². The predicted octanol–water partition coefficient (Wildman–Crippen LogP) is 2.30. The lowest BCUT2D eigenvalue weighted by atomic mass is 10.1. The molecule has 0 aliphatic carbocycles. The van der Waals surface area contributed by atoms with Crippen molar-refractivity contribution in [3.63, 3.8) is 0 Å². The molecule has 0 fully saturated rings. The molecule has 0 aliphatic rings. The normalized spacial score (nSPS) is 12.9. The van der Waals surface area contributed by atoms with Gasteiger partial charge in [0.15, 0.2) is 0 Å². The van der Waals surface area contributed by atoms with Crippen molar-refractivity contribution < 1.29 is 0 Å². The van der Waals surface area contributed by atoms with Crippen LogP contribution in [0.15, 0.2) is 35.7 Å². The summed E-state index contributed by atoms with van der Waals surface area (Å²) in [5, 5.41) is 3.25. The second kappa shape index (κ2) is 6.09. The van der Waals surface area contributed by atoms with Gasteiger partial charge in [0.1, 0.15) is 5.01 Å². The Morgan fingerprint density at radius 2 is 2.00 bits per heavy atom. The van der Waals surface area contributed by atoms with Crippen LogP contribution in [0.1, 0.15) is 22.3 Å². The number of hydrogen-bond donors (Lipinski definition) is 1. The van der Waals surface area contributed by atoms with Gasteiger partial charge in [0.25, 0.3) is 0 Å². The minimum atomic E-state index is 0.225. The van der Waals surface area contributed by atoms with E-state index in [-0.39, 0.29) is 6.04 Å². The van der Waals surface area contributed by atoms with Crippen molar-refractivity contribution in [2.75, 3.05) is 20.6 Å². The fraction of sp³-hybridized carbons (Fsp3) is 0.357. The molecule has 1 atom stereocenters. The highest BCUT2D eigenvalue weighted by molar-refractivity contribution is 7.09. The molecule has 0 saturated carbocycles. The number of rotatable bonds is 5. The molecule has 0 amide bonds. The lowest BCUT2D eigenvalue weighted by Crippen LogP contribution is -2.21. The first kappa shape index (κ1) is 13.2. The van der Waals surface area contributed by atoms with E-state index in [1.165, 1.54) is 5.56 Å². The first-order valence-corrected chi connectivity index (χ1v) is 6.96. The lowest BCUT2D eigenvalue weighted by molar-refractivity contribution is 0.341. The summed E-state index contributed by atoms with van der Waals surface area (Å²) in [6.45, 7) is 0.654. The van der Waals surface area contributed by atoms with E-state index in [0.29, 0.717) is 6.54 Å². The van der Waals surface area contributed by atoms with Gasteiger partial charge >= 0.3 is 0 Å². The van der Waals surface area contributed by atoms with Crippen LogP contribution in [0, 0.1) is 0 Å². The molecule has 96 valence electrons. The van der Waals surface area contributed by atoms with Crippen LogP contribution in [-0.4, -0.2) is 30.5 Å². The second-order valence-electron chi connectivity index (χ2n) is 4.49. The highest BCUT2D eigenvalue weighted by Crippen LogP contribution is 2.28. The molecule has 1 unspecified atom stereocenters. The largest absolute Gasteiger partial charge is 0.330 e. The Bertz CT molecular complexity index is 479. The van der Waals surface area contributed by atoms with Gasteiger partial charge in [-0.25, -0.2) is 4.98 Å². The van der Waals surface area contributed by atoms with Crippen LogP contribution < -0.4 is 5.73 Å². The van der Waals surface area contributed by atoms with Gasteiger partial charge in [-0.05, 0) is 26.2 Å². The van der Waals surface area contributed by atoms with Crippen molar-refractivity contribution in [3.05, 3.63) is 52.0 Å². The Morgan fingerprint density at radius 3 is 2.61 bits per heavy atom. The van der Waals surface area contributed by atoms with Crippen LogP contribution in [0.4, 0.5) is 0 Å². The number of aromatic nitrogens is 1. The summed E-state index contributed by atoms with van der Waals surface area (Å²) < 4.78 is 0. The van der Waals surface area contributed by atoms with E-state index < -0.39 is 0 Å². The third-order valence-electron chi connectivity index (χ3n) is 2.84.